The van der Waals surface area contributed by atoms with Gasteiger partial charge in [-0.2, -0.15) is 0 Å². The Morgan fingerprint density at radius 2 is 1.03 bits per heavy atom. The molecule has 2 fully saturated rings. The number of hydrogen-bond donors (Lipinski definition) is 9. The molecule has 12 unspecified atom stereocenters. The van der Waals surface area contributed by atoms with Crippen molar-refractivity contribution >= 4 is 5.91 Å². The van der Waals surface area contributed by atoms with Gasteiger partial charge in [-0.15, -0.1) is 0 Å². The fourth-order valence-corrected chi connectivity index (χ4v) is 8.04. The first-order valence-electron chi connectivity index (χ1n) is 25.4. The van der Waals surface area contributed by atoms with Crippen LogP contribution in [0.4, 0.5) is 0 Å². The van der Waals surface area contributed by atoms with Crippen molar-refractivity contribution in [3.05, 3.63) is 48.6 Å². The first-order valence-corrected chi connectivity index (χ1v) is 25.4. The highest BCUT2D eigenvalue weighted by Gasteiger charge is 2.51. The molecule has 9 N–H and O–H groups in total. The minimum Gasteiger partial charge on any atom is -0.394 e. The van der Waals surface area contributed by atoms with E-state index in [1.807, 2.05) is 6.08 Å². The van der Waals surface area contributed by atoms with E-state index < -0.39 is 86.8 Å². The van der Waals surface area contributed by atoms with E-state index in [0.717, 1.165) is 44.9 Å². The summed E-state index contributed by atoms with van der Waals surface area (Å²) in [5.41, 5.74) is 0. The van der Waals surface area contributed by atoms with E-state index in [2.05, 4.69) is 55.6 Å². The minimum atomic E-state index is -1.79. The van der Waals surface area contributed by atoms with Crippen LogP contribution < -0.4 is 5.32 Å². The maximum atomic E-state index is 13.2. The summed E-state index contributed by atoms with van der Waals surface area (Å²) in [7, 11) is 0. The standard InChI is InChI=1S/C51H91NO13/c1-3-5-7-9-11-13-15-17-18-19-20-21-22-23-25-27-29-31-33-35-43(56)52-39(40(55)34-32-30-28-26-24-16-14-12-10-8-6-4-2)38-62-50-48(61)46(59)49(42(37-54)64-50)65-51-47(60)45(58)44(57)41(36-53)63-51/h11,13,17-18,24,26,32,34,39-42,44-51,53-55,57-61H,3-10,12,14-16,19-23,25,27-31,33,35-38H2,1-2H3,(H,52,56)/b13-11-,18-17-,26-24+,34-32+. The molecule has 0 spiro atoms. The summed E-state index contributed by atoms with van der Waals surface area (Å²) in [4.78, 5) is 13.2. The van der Waals surface area contributed by atoms with Gasteiger partial charge in [0, 0.05) is 6.42 Å². The number of ether oxygens (including phenoxy) is 4. The fourth-order valence-electron chi connectivity index (χ4n) is 8.04. The van der Waals surface area contributed by atoms with Gasteiger partial charge in [-0.25, -0.2) is 0 Å². The van der Waals surface area contributed by atoms with E-state index in [-0.39, 0.29) is 18.9 Å². The van der Waals surface area contributed by atoms with E-state index in [9.17, 15) is 45.6 Å². The molecule has 0 aromatic rings. The summed E-state index contributed by atoms with van der Waals surface area (Å²) < 4.78 is 22.6. The monoisotopic (exact) mass is 926 g/mol. The van der Waals surface area contributed by atoms with Gasteiger partial charge < -0.3 is 65.1 Å². The number of carbonyl (C=O) groups is 1. The van der Waals surface area contributed by atoms with Gasteiger partial charge in [-0.1, -0.05) is 152 Å². The molecule has 378 valence electrons. The number of allylic oxidation sites excluding steroid dienone is 7. The first kappa shape index (κ1) is 59.1. The predicted octanol–water partition coefficient (Wildman–Crippen LogP) is 6.49. The van der Waals surface area contributed by atoms with Gasteiger partial charge in [0.2, 0.25) is 5.91 Å². The summed E-state index contributed by atoms with van der Waals surface area (Å²) in [5, 5.41) is 86.6. The van der Waals surface area contributed by atoms with Crippen LogP contribution in [0.25, 0.3) is 0 Å². The topological polar surface area (TPSA) is 228 Å². The zero-order chi connectivity index (χ0) is 47.5. The molecule has 0 saturated carbocycles. The number of hydrogen-bond acceptors (Lipinski definition) is 13. The Morgan fingerprint density at radius 1 is 0.554 bits per heavy atom. The molecular formula is C51H91NO13. The van der Waals surface area contributed by atoms with Crippen LogP contribution in [-0.2, 0) is 23.7 Å². The summed E-state index contributed by atoms with van der Waals surface area (Å²) >= 11 is 0. The molecule has 0 aliphatic carbocycles. The van der Waals surface area contributed by atoms with Crippen molar-refractivity contribution in [2.24, 2.45) is 0 Å². The van der Waals surface area contributed by atoms with E-state index in [4.69, 9.17) is 18.9 Å². The molecule has 1 amide bonds. The molecular weight excluding hydrogens is 835 g/mol. The number of unbranched alkanes of at least 4 members (excludes halogenated alkanes) is 19. The Balaban J connectivity index is 1.84. The maximum Gasteiger partial charge on any atom is 0.220 e. The molecule has 2 heterocycles. The van der Waals surface area contributed by atoms with Crippen molar-refractivity contribution in [3.8, 4) is 0 Å². The zero-order valence-corrected chi connectivity index (χ0v) is 40.0. The largest absolute Gasteiger partial charge is 0.394 e. The SMILES string of the molecule is CCCCC/C=C\C/C=C\CCCCCCCCCCCC(=O)NC(COC1OC(CO)C(OC2OC(CO)C(O)C(O)C2O)C(O)C1O)C(O)/C=C/CC/C=C/CCCCCCCC. The summed E-state index contributed by atoms with van der Waals surface area (Å²) in [6.45, 7) is 2.71. The second kappa shape index (κ2) is 37.9. The van der Waals surface area contributed by atoms with Crippen molar-refractivity contribution in [2.45, 2.75) is 248 Å². The van der Waals surface area contributed by atoms with E-state index in [1.54, 1.807) is 6.08 Å². The Morgan fingerprint density at radius 3 is 1.63 bits per heavy atom. The Hall–Kier alpha value is -2.05. The molecule has 14 nitrogen and oxygen atoms in total. The number of aliphatic hydroxyl groups excluding tert-OH is 8. The predicted molar refractivity (Wildman–Crippen MR) is 254 cm³/mol. The highest BCUT2D eigenvalue weighted by molar-refractivity contribution is 5.76. The van der Waals surface area contributed by atoms with Gasteiger partial charge in [0.1, 0.15) is 48.8 Å². The van der Waals surface area contributed by atoms with Gasteiger partial charge in [0.05, 0.1) is 32.0 Å². The third-order valence-electron chi connectivity index (χ3n) is 12.2. The second-order valence-corrected chi connectivity index (χ2v) is 17.9. The minimum absolute atomic E-state index is 0.257. The number of aliphatic hydroxyl groups is 8. The van der Waals surface area contributed by atoms with Crippen LogP contribution in [0, 0.1) is 0 Å². The third kappa shape index (κ3) is 25.2. The molecule has 14 heteroatoms. The van der Waals surface area contributed by atoms with Gasteiger partial charge in [0.15, 0.2) is 12.6 Å². The molecule has 2 aliphatic heterocycles. The molecule has 2 aliphatic rings. The van der Waals surface area contributed by atoms with Crippen molar-refractivity contribution in [1.29, 1.82) is 0 Å². The molecule has 12 atom stereocenters. The van der Waals surface area contributed by atoms with E-state index in [0.29, 0.717) is 12.8 Å². The second-order valence-electron chi connectivity index (χ2n) is 17.9. The van der Waals surface area contributed by atoms with Gasteiger partial charge in [0.25, 0.3) is 0 Å². The molecule has 0 radical (unpaired) electrons. The van der Waals surface area contributed by atoms with Crippen LogP contribution in [0.15, 0.2) is 48.6 Å². The lowest BCUT2D eigenvalue weighted by Gasteiger charge is -2.46. The lowest BCUT2D eigenvalue weighted by molar-refractivity contribution is -0.359. The summed E-state index contributed by atoms with van der Waals surface area (Å²) in [6, 6.07) is -0.932. The fraction of sp³-hybridized carbons (Fsp3) is 0.824. The Bertz CT molecular complexity index is 1280. The number of carbonyl (C=O) groups excluding carboxylic acids is 1. The average Bonchev–Trinajstić information content (AvgIpc) is 3.30. The van der Waals surface area contributed by atoms with Gasteiger partial charge in [-0.3, -0.25) is 4.79 Å². The van der Waals surface area contributed by atoms with Crippen LogP contribution in [0.1, 0.15) is 174 Å². The normalized spacial score (nSPS) is 27.4. The summed E-state index contributed by atoms with van der Waals surface area (Å²) in [5.74, 6) is -0.257. The van der Waals surface area contributed by atoms with Crippen LogP contribution in [0.5, 0.6) is 0 Å². The van der Waals surface area contributed by atoms with Crippen molar-refractivity contribution in [2.75, 3.05) is 19.8 Å². The van der Waals surface area contributed by atoms with Crippen LogP contribution in [0.2, 0.25) is 0 Å². The highest BCUT2D eigenvalue weighted by atomic mass is 16.7. The van der Waals surface area contributed by atoms with Crippen molar-refractivity contribution < 1.29 is 64.6 Å². The molecule has 0 aromatic carbocycles. The van der Waals surface area contributed by atoms with Crippen LogP contribution in [0.3, 0.4) is 0 Å². The zero-order valence-electron chi connectivity index (χ0n) is 40.0. The number of rotatable bonds is 38. The average molecular weight is 926 g/mol. The maximum absolute atomic E-state index is 13.2. The third-order valence-corrected chi connectivity index (χ3v) is 12.2. The van der Waals surface area contributed by atoms with Crippen LogP contribution in [-0.4, -0.2) is 140 Å². The van der Waals surface area contributed by atoms with Crippen LogP contribution >= 0.6 is 0 Å². The lowest BCUT2D eigenvalue weighted by atomic mass is 9.97. The molecule has 0 bridgehead atoms. The lowest BCUT2D eigenvalue weighted by Crippen LogP contribution is -2.65. The van der Waals surface area contributed by atoms with Crippen molar-refractivity contribution in [3.63, 3.8) is 0 Å². The smallest absolute Gasteiger partial charge is 0.220 e. The highest BCUT2D eigenvalue weighted by Crippen LogP contribution is 2.30. The molecule has 2 rings (SSSR count). The van der Waals surface area contributed by atoms with Gasteiger partial charge in [-0.05, 0) is 64.2 Å². The van der Waals surface area contributed by atoms with Crippen molar-refractivity contribution in [1.82, 2.24) is 5.32 Å². The quantitative estimate of drug-likeness (QED) is 0.0239. The molecule has 2 saturated heterocycles. The Labute approximate surface area is 391 Å². The van der Waals surface area contributed by atoms with E-state index >= 15 is 0 Å². The van der Waals surface area contributed by atoms with E-state index in [1.165, 1.54) is 96.3 Å². The Kier molecular flexibility index (Phi) is 34.4. The summed E-state index contributed by atoms with van der Waals surface area (Å²) in [6.07, 6.45) is 27.2. The molecule has 65 heavy (non-hydrogen) atoms. The number of amides is 1. The van der Waals surface area contributed by atoms with Gasteiger partial charge >= 0.3 is 0 Å². The number of nitrogens with one attached hydrogen (secondary N) is 1. The first-order chi connectivity index (χ1) is 31.6. The molecule has 0 aromatic heterocycles.